The Bertz CT molecular complexity index is 1380. The Hall–Kier alpha value is -4.52. The van der Waals surface area contributed by atoms with E-state index in [1.807, 2.05) is 121 Å². The maximum atomic E-state index is 5.99. The first-order valence-corrected chi connectivity index (χ1v) is 12.5. The SMILES string of the molecule is Clc1nc(-c2ccccc2)nc(-c2ccccc2)n1.Clc1nc(-c2ccccc2)nc(-c2ccccc2)n1. The lowest BCUT2D eigenvalue weighted by atomic mass is 10.2. The summed E-state index contributed by atoms with van der Waals surface area (Å²) < 4.78 is 0. The summed E-state index contributed by atoms with van der Waals surface area (Å²) in [7, 11) is 0. The lowest BCUT2D eigenvalue weighted by molar-refractivity contribution is 1.07. The molecule has 0 amide bonds. The van der Waals surface area contributed by atoms with Gasteiger partial charge in [-0.2, -0.15) is 19.9 Å². The van der Waals surface area contributed by atoms with Crippen molar-refractivity contribution in [3.63, 3.8) is 0 Å². The molecule has 0 saturated carbocycles. The quantitative estimate of drug-likeness (QED) is 0.230. The van der Waals surface area contributed by atoms with E-state index in [9.17, 15) is 0 Å². The van der Waals surface area contributed by atoms with Crippen LogP contribution in [-0.2, 0) is 0 Å². The van der Waals surface area contributed by atoms with E-state index in [1.54, 1.807) is 0 Å². The van der Waals surface area contributed by atoms with E-state index in [-0.39, 0.29) is 10.6 Å². The molecule has 0 N–H and O–H groups in total. The summed E-state index contributed by atoms with van der Waals surface area (Å²) in [6, 6.07) is 38.9. The van der Waals surface area contributed by atoms with Gasteiger partial charge in [0, 0.05) is 22.3 Å². The van der Waals surface area contributed by atoms with Gasteiger partial charge in [-0.05, 0) is 23.2 Å². The molecular formula is C30H20Cl2N6. The summed E-state index contributed by atoms with van der Waals surface area (Å²) in [6.45, 7) is 0. The summed E-state index contributed by atoms with van der Waals surface area (Å²) in [6.07, 6.45) is 0. The molecular weight excluding hydrogens is 515 g/mol. The molecule has 2 aromatic heterocycles. The van der Waals surface area contributed by atoms with E-state index in [1.165, 1.54) is 0 Å². The highest BCUT2D eigenvalue weighted by molar-refractivity contribution is 6.28. The molecule has 0 radical (unpaired) electrons. The molecule has 0 spiro atoms. The van der Waals surface area contributed by atoms with Crippen LogP contribution in [0.3, 0.4) is 0 Å². The van der Waals surface area contributed by atoms with Crippen molar-refractivity contribution in [1.29, 1.82) is 0 Å². The molecule has 0 aliphatic carbocycles. The third kappa shape index (κ3) is 6.42. The number of aromatic nitrogens is 6. The van der Waals surface area contributed by atoms with Crippen LogP contribution >= 0.6 is 23.2 Å². The number of nitrogens with zero attached hydrogens (tertiary/aromatic N) is 6. The first kappa shape index (κ1) is 25.1. The van der Waals surface area contributed by atoms with Gasteiger partial charge in [-0.3, -0.25) is 0 Å². The van der Waals surface area contributed by atoms with Crippen LogP contribution in [0.2, 0.25) is 10.6 Å². The van der Waals surface area contributed by atoms with Crippen molar-refractivity contribution < 1.29 is 0 Å². The van der Waals surface area contributed by atoms with Crippen LogP contribution in [0.4, 0.5) is 0 Å². The molecule has 6 aromatic rings. The predicted octanol–water partition coefficient (Wildman–Crippen LogP) is 7.72. The molecule has 0 aliphatic rings. The maximum Gasteiger partial charge on any atom is 0.226 e. The largest absolute Gasteiger partial charge is 0.226 e. The zero-order valence-corrected chi connectivity index (χ0v) is 21.5. The molecule has 6 nitrogen and oxygen atoms in total. The van der Waals surface area contributed by atoms with Crippen molar-refractivity contribution in [2.45, 2.75) is 0 Å². The molecule has 0 aliphatic heterocycles. The van der Waals surface area contributed by atoms with E-state index < -0.39 is 0 Å². The zero-order valence-electron chi connectivity index (χ0n) is 20.0. The lowest BCUT2D eigenvalue weighted by Crippen LogP contribution is -1.96. The molecule has 4 aromatic carbocycles. The highest BCUT2D eigenvalue weighted by Crippen LogP contribution is 2.22. The smallest absolute Gasteiger partial charge is 0.208 e. The van der Waals surface area contributed by atoms with E-state index in [0.29, 0.717) is 23.3 Å². The minimum absolute atomic E-state index is 0.202. The number of rotatable bonds is 4. The van der Waals surface area contributed by atoms with Crippen molar-refractivity contribution in [2.24, 2.45) is 0 Å². The fourth-order valence-electron chi connectivity index (χ4n) is 3.57. The van der Waals surface area contributed by atoms with Crippen LogP contribution in [0.25, 0.3) is 45.6 Å². The van der Waals surface area contributed by atoms with Gasteiger partial charge in [0.25, 0.3) is 0 Å². The van der Waals surface area contributed by atoms with Crippen molar-refractivity contribution in [2.75, 3.05) is 0 Å². The normalized spacial score (nSPS) is 10.4. The average molecular weight is 535 g/mol. The number of benzene rings is 4. The van der Waals surface area contributed by atoms with Crippen LogP contribution in [-0.4, -0.2) is 29.9 Å². The second kappa shape index (κ2) is 12.1. The fraction of sp³-hybridized carbons (Fsp3) is 0. The number of halogens is 2. The number of hydrogen-bond acceptors (Lipinski definition) is 6. The maximum absolute atomic E-state index is 5.99. The van der Waals surface area contributed by atoms with Gasteiger partial charge in [-0.15, -0.1) is 0 Å². The van der Waals surface area contributed by atoms with Crippen LogP contribution < -0.4 is 0 Å². The molecule has 0 fully saturated rings. The summed E-state index contributed by atoms with van der Waals surface area (Å²) in [5.74, 6) is 2.33. The van der Waals surface area contributed by atoms with Gasteiger partial charge >= 0.3 is 0 Å². The van der Waals surface area contributed by atoms with Gasteiger partial charge < -0.3 is 0 Å². The highest BCUT2D eigenvalue weighted by Gasteiger charge is 2.09. The molecule has 38 heavy (non-hydrogen) atoms. The van der Waals surface area contributed by atoms with Gasteiger partial charge in [-0.1, -0.05) is 121 Å². The summed E-state index contributed by atoms with van der Waals surface area (Å²) in [4.78, 5) is 25.6. The Kier molecular flexibility index (Phi) is 8.04. The molecule has 2 heterocycles. The first-order chi connectivity index (χ1) is 18.7. The standard InChI is InChI=1S/2C15H10ClN3/c2*16-15-18-13(11-7-3-1-4-8-11)17-14(19-15)12-9-5-2-6-10-12/h2*1-10H. The Morgan fingerprint density at radius 1 is 0.289 bits per heavy atom. The molecule has 8 heteroatoms. The summed E-state index contributed by atoms with van der Waals surface area (Å²) >= 11 is 12.0. The monoisotopic (exact) mass is 534 g/mol. The molecule has 6 rings (SSSR count). The average Bonchev–Trinajstić information content (AvgIpc) is 2.99. The van der Waals surface area contributed by atoms with Gasteiger partial charge in [0.2, 0.25) is 10.6 Å². The van der Waals surface area contributed by atoms with Crippen LogP contribution in [0.5, 0.6) is 0 Å². The van der Waals surface area contributed by atoms with E-state index in [0.717, 1.165) is 22.3 Å². The summed E-state index contributed by atoms with van der Waals surface area (Å²) in [5, 5.41) is 0.403. The second-order valence-electron chi connectivity index (χ2n) is 7.97. The Balaban J connectivity index is 0.000000155. The molecule has 0 saturated heterocycles. The van der Waals surface area contributed by atoms with Crippen LogP contribution in [0.1, 0.15) is 0 Å². The van der Waals surface area contributed by atoms with Gasteiger partial charge in [0.1, 0.15) is 0 Å². The topological polar surface area (TPSA) is 77.3 Å². The molecule has 0 unspecified atom stereocenters. The van der Waals surface area contributed by atoms with Crippen molar-refractivity contribution in [1.82, 2.24) is 29.9 Å². The van der Waals surface area contributed by atoms with Gasteiger partial charge in [0.15, 0.2) is 23.3 Å². The third-order valence-corrected chi connectivity index (χ3v) is 5.68. The fourth-order valence-corrected chi connectivity index (χ4v) is 3.89. The minimum atomic E-state index is 0.202. The van der Waals surface area contributed by atoms with E-state index in [2.05, 4.69) is 29.9 Å². The molecule has 0 bridgehead atoms. The van der Waals surface area contributed by atoms with Crippen molar-refractivity contribution in [3.05, 3.63) is 132 Å². The second-order valence-corrected chi connectivity index (χ2v) is 8.64. The van der Waals surface area contributed by atoms with Crippen LogP contribution in [0, 0.1) is 0 Å². The third-order valence-electron chi connectivity index (χ3n) is 5.34. The first-order valence-electron chi connectivity index (χ1n) is 11.7. The van der Waals surface area contributed by atoms with Gasteiger partial charge in [-0.25, -0.2) is 9.97 Å². The Morgan fingerprint density at radius 3 is 0.711 bits per heavy atom. The minimum Gasteiger partial charge on any atom is -0.208 e. The zero-order chi connectivity index (χ0) is 26.2. The highest BCUT2D eigenvalue weighted by atomic mass is 35.5. The molecule has 0 atom stereocenters. The van der Waals surface area contributed by atoms with Crippen LogP contribution in [0.15, 0.2) is 121 Å². The Labute approximate surface area is 230 Å². The van der Waals surface area contributed by atoms with Gasteiger partial charge in [0.05, 0.1) is 0 Å². The molecule has 184 valence electrons. The lowest BCUT2D eigenvalue weighted by Gasteiger charge is -2.04. The van der Waals surface area contributed by atoms with Crippen molar-refractivity contribution in [3.8, 4) is 45.6 Å². The Morgan fingerprint density at radius 2 is 0.500 bits per heavy atom. The van der Waals surface area contributed by atoms with E-state index in [4.69, 9.17) is 23.2 Å². The van der Waals surface area contributed by atoms with E-state index >= 15 is 0 Å². The number of hydrogen-bond donors (Lipinski definition) is 0. The predicted molar refractivity (Wildman–Crippen MR) is 151 cm³/mol. The summed E-state index contributed by atoms with van der Waals surface area (Å²) in [5.41, 5.74) is 3.68. The van der Waals surface area contributed by atoms with Crippen molar-refractivity contribution >= 4 is 23.2 Å².